The second-order valence-electron chi connectivity index (χ2n) is 7.00. The molecule has 0 aromatic carbocycles. The van der Waals surface area contributed by atoms with Crippen molar-refractivity contribution in [2.24, 2.45) is 5.11 Å². The number of aryl methyl sites for hydroxylation is 2. The molecule has 0 unspecified atom stereocenters. The summed E-state index contributed by atoms with van der Waals surface area (Å²) in [6.45, 7) is 10.4. The predicted octanol–water partition coefficient (Wildman–Crippen LogP) is 3.13. The van der Waals surface area contributed by atoms with Crippen molar-refractivity contribution in [1.29, 1.82) is 0 Å². The Bertz CT molecular complexity index is 1150. The summed E-state index contributed by atoms with van der Waals surface area (Å²) in [6.07, 6.45) is 6.84. The molecule has 0 spiro atoms. The fourth-order valence-corrected chi connectivity index (χ4v) is 3.52. The topological polar surface area (TPSA) is 115 Å². The number of aromatic nitrogens is 3. The van der Waals surface area contributed by atoms with Crippen LogP contribution < -0.4 is 16.7 Å². The first-order valence-electron chi connectivity index (χ1n) is 10.1. The molecule has 2 aromatic heterocycles. The van der Waals surface area contributed by atoms with Crippen molar-refractivity contribution in [1.82, 2.24) is 13.7 Å². The van der Waals surface area contributed by atoms with Crippen molar-refractivity contribution in [2.75, 3.05) is 6.54 Å². The van der Waals surface area contributed by atoms with Gasteiger partial charge in [-0.05, 0) is 31.2 Å². The van der Waals surface area contributed by atoms with Gasteiger partial charge in [0.15, 0.2) is 5.43 Å². The Balaban J connectivity index is 2.84. The third-order valence-electron chi connectivity index (χ3n) is 4.91. The van der Waals surface area contributed by atoms with Crippen molar-refractivity contribution in [3.05, 3.63) is 78.6 Å². The van der Waals surface area contributed by atoms with Gasteiger partial charge in [-0.2, -0.15) is 0 Å². The molecule has 9 heteroatoms. The molecule has 0 atom stereocenters. The van der Waals surface area contributed by atoms with E-state index in [-0.39, 0.29) is 23.9 Å². The van der Waals surface area contributed by atoms with Crippen molar-refractivity contribution in [2.45, 2.75) is 58.7 Å². The van der Waals surface area contributed by atoms with Crippen LogP contribution in [0.3, 0.4) is 0 Å². The molecule has 0 N–H and O–H groups in total. The number of hydrogen-bond donors (Lipinski definition) is 0. The zero-order valence-corrected chi connectivity index (χ0v) is 17.4. The summed E-state index contributed by atoms with van der Waals surface area (Å²) in [4.78, 5) is 41.7. The van der Waals surface area contributed by atoms with Crippen molar-refractivity contribution < 1.29 is 0 Å². The molecule has 0 radical (unpaired) electrons. The van der Waals surface area contributed by atoms with Gasteiger partial charge in [0.1, 0.15) is 11.0 Å². The maximum atomic E-state index is 13.0. The molecule has 30 heavy (non-hydrogen) atoms. The normalized spacial score (nSPS) is 10.7. The number of allylic oxidation sites excluding steroid dienone is 2. The standard InChI is InChI=1S/C21H28N6O3/c1-4-7-10-16-15-17(28)18-19(25(16)14-9-8-11-23-24-22)26(12-5-2)21(30)27(13-6-3)20(18)29/h5-6,15H,2-4,7-14H2,1H3. The minimum atomic E-state index is -0.606. The molecule has 160 valence electrons. The number of pyridine rings is 1. The highest BCUT2D eigenvalue weighted by Crippen LogP contribution is 2.14. The van der Waals surface area contributed by atoms with E-state index in [1.807, 2.05) is 4.57 Å². The van der Waals surface area contributed by atoms with Gasteiger partial charge in [-0.1, -0.05) is 30.6 Å². The van der Waals surface area contributed by atoms with Crippen molar-refractivity contribution in [3.8, 4) is 0 Å². The van der Waals surface area contributed by atoms with Crippen molar-refractivity contribution >= 4 is 11.0 Å². The summed E-state index contributed by atoms with van der Waals surface area (Å²) >= 11 is 0. The molecule has 0 aliphatic rings. The SMILES string of the molecule is C=CCn1c(=O)c2c(=O)cc(CCCC)n(CCCCN=[N+]=[N-])c2n(CC=C)c1=O. The van der Waals surface area contributed by atoms with Crippen LogP contribution in [0.15, 0.2) is 50.9 Å². The molecule has 2 heterocycles. The number of nitrogens with zero attached hydrogens (tertiary/aromatic N) is 6. The van der Waals surface area contributed by atoms with Crippen LogP contribution in [0.5, 0.6) is 0 Å². The summed E-state index contributed by atoms with van der Waals surface area (Å²) < 4.78 is 4.35. The van der Waals surface area contributed by atoms with Crippen LogP contribution in [-0.2, 0) is 26.1 Å². The summed E-state index contributed by atoms with van der Waals surface area (Å²) in [7, 11) is 0. The van der Waals surface area contributed by atoms with Gasteiger partial charge in [-0.15, -0.1) is 13.2 Å². The lowest BCUT2D eigenvalue weighted by molar-refractivity contribution is 0.567. The largest absolute Gasteiger partial charge is 0.333 e. The Labute approximate surface area is 174 Å². The zero-order chi connectivity index (χ0) is 22.1. The summed E-state index contributed by atoms with van der Waals surface area (Å²) in [5, 5.41) is 3.54. The Hall–Kier alpha value is -3.32. The first-order valence-corrected chi connectivity index (χ1v) is 10.1. The number of rotatable bonds is 12. The van der Waals surface area contributed by atoms with Crippen LogP contribution in [0.25, 0.3) is 21.5 Å². The van der Waals surface area contributed by atoms with E-state index in [1.54, 1.807) is 6.08 Å². The summed E-state index contributed by atoms with van der Waals surface area (Å²) in [5.41, 5.74) is 8.07. The van der Waals surface area contributed by atoms with E-state index >= 15 is 0 Å². The highest BCUT2D eigenvalue weighted by molar-refractivity contribution is 5.75. The highest BCUT2D eigenvalue weighted by atomic mass is 16.2. The monoisotopic (exact) mass is 412 g/mol. The van der Waals surface area contributed by atoms with Gasteiger partial charge in [0, 0.05) is 42.9 Å². The lowest BCUT2D eigenvalue weighted by Gasteiger charge is -2.20. The average molecular weight is 412 g/mol. The highest BCUT2D eigenvalue weighted by Gasteiger charge is 2.19. The van der Waals surface area contributed by atoms with Gasteiger partial charge >= 0.3 is 5.69 Å². The molecule has 2 aromatic rings. The van der Waals surface area contributed by atoms with Crippen LogP contribution in [0.4, 0.5) is 0 Å². The van der Waals surface area contributed by atoms with E-state index in [0.29, 0.717) is 38.0 Å². The van der Waals surface area contributed by atoms with Crippen LogP contribution in [0.1, 0.15) is 38.3 Å². The molecule has 9 nitrogen and oxygen atoms in total. The third-order valence-corrected chi connectivity index (χ3v) is 4.91. The first-order chi connectivity index (χ1) is 14.5. The molecule has 0 aliphatic heterocycles. The van der Waals surface area contributed by atoms with Crippen LogP contribution in [-0.4, -0.2) is 20.2 Å². The minimum Gasteiger partial charge on any atom is -0.331 e. The Morgan fingerprint density at radius 1 is 1.07 bits per heavy atom. The molecule has 0 amide bonds. The van der Waals surface area contributed by atoms with E-state index in [0.717, 1.165) is 23.1 Å². The number of hydrogen-bond acceptors (Lipinski definition) is 4. The molecule has 0 saturated carbocycles. The molecule has 2 rings (SSSR count). The van der Waals surface area contributed by atoms with E-state index < -0.39 is 11.2 Å². The minimum absolute atomic E-state index is 0.00593. The fraction of sp³-hybridized carbons (Fsp3) is 0.476. The molecule has 0 saturated heterocycles. The van der Waals surface area contributed by atoms with Crippen LogP contribution >= 0.6 is 0 Å². The second-order valence-corrected chi connectivity index (χ2v) is 7.00. The number of fused-ring (bicyclic) bond motifs is 1. The van der Waals surface area contributed by atoms with E-state index in [1.165, 1.54) is 16.7 Å². The molecule has 0 fully saturated rings. The van der Waals surface area contributed by atoms with E-state index in [2.05, 4.69) is 30.1 Å². The average Bonchev–Trinajstić information content (AvgIpc) is 2.73. The molecule has 0 bridgehead atoms. The van der Waals surface area contributed by atoms with Gasteiger partial charge in [0.05, 0.1) is 0 Å². The zero-order valence-electron chi connectivity index (χ0n) is 17.4. The van der Waals surface area contributed by atoms with Gasteiger partial charge in [0.2, 0.25) is 0 Å². The maximum Gasteiger partial charge on any atom is 0.333 e. The molecular formula is C21H28N6O3. The van der Waals surface area contributed by atoms with E-state index in [4.69, 9.17) is 5.53 Å². The van der Waals surface area contributed by atoms with Gasteiger partial charge < -0.3 is 4.57 Å². The Morgan fingerprint density at radius 2 is 1.77 bits per heavy atom. The van der Waals surface area contributed by atoms with Crippen LogP contribution in [0.2, 0.25) is 0 Å². The maximum absolute atomic E-state index is 13.0. The number of unbranched alkanes of at least 4 members (excludes halogenated alkanes) is 2. The number of azide groups is 1. The van der Waals surface area contributed by atoms with Gasteiger partial charge in [-0.3, -0.25) is 18.7 Å². The fourth-order valence-electron chi connectivity index (χ4n) is 3.52. The lowest BCUT2D eigenvalue weighted by Crippen LogP contribution is -2.43. The van der Waals surface area contributed by atoms with Crippen molar-refractivity contribution in [3.63, 3.8) is 0 Å². The van der Waals surface area contributed by atoms with Crippen LogP contribution in [0, 0.1) is 0 Å². The summed E-state index contributed by atoms with van der Waals surface area (Å²) in [6, 6.07) is 1.51. The van der Waals surface area contributed by atoms with Gasteiger partial charge in [-0.25, -0.2) is 4.79 Å². The molecular weight excluding hydrogens is 384 g/mol. The molecule has 0 aliphatic carbocycles. The predicted molar refractivity (Wildman–Crippen MR) is 119 cm³/mol. The quantitative estimate of drug-likeness (QED) is 0.175. The first kappa shape index (κ1) is 23.0. The van der Waals surface area contributed by atoms with E-state index in [9.17, 15) is 14.4 Å². The second kappa shape index (κ2) is 11.0. The summed E-state index contributed by atoms with van der Waals surface area (Å²) in [5.74, 6) is 0. The Kier molecular flexibility index (Phi) is 8.43. The third kappa shape index (κ3) is 4.80. The van der Waals surface area contributed by atoms with Gasteiger partial charge in [0.25, 0.3) is 5.56 Å². The smallest absolute Gasteiger partial charge is 0.331 e. The Morgan fingerprint density at radius 3 is 2.40 bits per heavy atom. The lowest BCUT2D eigenvalue weighted by atomic mass is 10.1.